The maximum Gasteiger partial charge on any atom is 0.228 e. The predicted octanol–water partition coefficient (Wildman–Crippen LogP) is 3.19. The van der Waals surface area contributed by atoms with Gasteiger partial charge in [0.2, 0.25) is 11.8 Å². The standard InChI is InChI=1S/C12H21NO3.C3H8/c1-5-12(16)13(10(4)14)8-6-7-11(15)9(2)3;1-3-2/h9H,5-8H2,1-4H3;3H2,1-2H3. The average molecular weight is 271 g/mol. The van der Waals surface area contributed by atoms with Gasteiger partial charge in [0.05, 0.1) is 0 Å². The molecule has 0 unspecified atom stereocenters. The second kappa shape index (κ2) is 11.9. The molecule has 2 amide bonds. The van der Waals surface area contributed by atoms with Gasteiger partial charge in [-0.05, 0) is 6.42 Å². The highest BCUT2D eigenvalue weighted by atomic mass is 16.2. The van der Waals surface area contributed by atoms with Crippen LogP contribution in [-0.2, 0) is 14.4 Å². The Hall–Kier alpha value is -1.19. The molecular formula is C15H29NO3. The van der Waals surface area contributed by atoms with Gasteiger partial charge in [-0.3, -0.25) is 19.3 Å². The first-order valence-electron chi connectivity index (χ1n) is 7.15. The number of hydrogen-bond donors (Lipinski definition) is 0. The Labute approximate surface area is 117 Å². The van der Waals surface area contributed by atoms with E-state index >= 15 is 0 Å². The van der Waals surface area contributed by atoms with Crippen LogP contribution in [0.1, 0.15) is 67.2 Å². The van der Waals surface area contributed by atoms with Gasteiger partial charge >= 0.3 is 0 Å². The molecule has 0 aliphatic heterocycles. The molecule has 0 fully saturated rings. The molecule has 0 aromatic carbocycles. The molecule has 112 valence electrons. The fourth-order valence-corrected chi connectivity index (χ4v) is 1.35. The molecule has 0 aliphatic rings. The lowest BCUT2D eigenvalue weighted by Gasteiger charge is -2.18. The van der Waals surface area contributed by atoms with E-state index in [4.69, 9.17) is 0 Å². The minimum absolute atomic E-state index is 0.0210. The van der Waals surface area contributed by atoms with Crippen LogP contribution in [0.5, 0.6) is 0 Å². The Morgan fingerprint density at radius 1 is 1.05 bits per heavy atom. The number of ketones is 1. The van der Waals surface area contributed by atoms with Gasteiger partial charge in [-0.15, -0.1) is 0 Å². The van der Waals surface area contributed by atoms with Crippen molar-refractivity contribution in [1.29, 1.82) is 0 Å². The molecule has 0 atom stereocenters. The maximum atomic E-state index is 11.4. The molecule has 0 rings (SSSR count). The first-order chi connectivity index (χ1) is 8.81. The molecular weight excluding hydrogens is 242 g/mol. The van der Waals surface area contributed by atoms with Crippen LogP contribution in [0.25, 0.3) is 0 Å². The molecule has 0 radical (unpaired) electrons. The summed E-state index contributed by atoms with van der Waals surface area (Å²) in [4.78, 5) is 35.1. The Kier molecular flexibility index (Phi) is 12.6. The van der Waals surface area contributed by atoms with Crippen molar-refractivity contribution in [3.8, 4) is 0 Å². The van der Waals surface area contributed by atoms with Gasteiger partial charge in [0.25, 0.3) is 0 Å². The second-order valence-electron chi connectivity index (χ2n) is 4.85. The smallest absolute Gasteiger partial charge is 0.228 e. The van der Waals surface area contributed by atoms with Gasteiger partial charge in [-0.2, -0.15) is 0 Å². The van der Waals surface area contributed by atoms with E-state index in [1.165, 1.54) is 18.2 Å². The zero-order valence-electron chi connectivity index (χ0n) is 13.3. The molecule has 0 bridgehead atoms. The number of amides is 2. The zero-order chi connectivity index (χ0) is 15.4. The monoisotopic (exact) mass is 271 g/mol. The first-order valence-corrected chi connectivity index (χ1v) is 7.15. The number of hydrogen-bond acceptors (Lipinski definition) is 3. The SMILES string of the molecule is CCC.CCC(=O)N(CCCC(=O)C(C)C)C(C)=O. The molecule has 4 heteroatoms. The van der Waals surface area contributed by atoms with Crippen molar-refractivity contribution in [3.63, 3.8) is 0 Å². The minimum atomic E-state index is -0.246. The largest absolute Gasteiger partial charge is 0.299 e. The van der Waals surface area contributed by atoms with Crippen molar-refractivity contribution in [2.45, 2.75) is 67.2 Å². The second-order valence-corrected chi connectivity index (χ2v) is 4.85. The quantitative estimate of drug-likeness (QED) is 0.745. The highest BCUT2D eigenvalue weighted by Crippen LogP contribution is 2.04. The summed E-state index contributed by atoms with van der Waals surface area (Å²) in [5.41, 5.74) is 0. The van der Waals surface area contributed by atoms with Crippen LogP contribution in [0.2, 0.25) is 0 Å². The Bertz CT molecular complexity index is 285. The third-order valence-electron chi connectivity index (χ3n) is 2.43. The molecule has 0 saturated heterocycles. The Balaban J connectivity index is 0. The van der Waals surface area contributed by atoms with Gasteiger partial charge in [0, 0.05) is 32.2 Å². The summed E-state index contributed by atoms with van der Waals surface area (Å²) >= 11 is 0. The van der Waals surface area contributed by atoms with E-state index in [0.29, 0.717) is 25.8 Å². The van der Waals surface area contributed by atoms with E-state index in [-0.39, 0.29) is 23.5 Å². The van der Waals surface area contributed by atoms with Crippen molar-refractivity contribution < 1.29 is 14.4 Å². The predicted molar refractivity (Wildman–Crippen MR) is 77.7 cm³/mol. The highest BCUT2D eigenvalue weighted by molar-refractivity contribution is 5.94. The van der Waals surface area contributed by atoms with Crippen molar-refractivity contribution in [2.75, 3.05) is 6.54 Å². The van der Waals surface area contributed by atoms with E-state index < -0.39 is 0 Å². The third kappa shape index (κ3) is 10.4. The first kappa shape index (κ1) is 20.1. The fraction of sp³-hybridized carbons (Fsp3) is 0.800. The fourth-order valence-electron chi connectivity index (χ4n) is 1.35. The maximum absolute atomic E-state index is 11.4. The van der Waals surface area contributed by atoms with Crippen molar-refractivity contribution >= 4 is 17.6 Å². The van der Waals surface area contributed by atoms with Gasteiger partial charge in [-0.1, -0.05) is 41.0 Å². The van der Waals surface area contributed by atoms with E-state index in [9.17, 15) is 14.4 Å². The molecule has 19 heavy (non-hydrogen) atoms. The third-order valence-corrected chi connectivity index (χ3v) is 2.43. The summed E-state index contributed by atoms with van der Waals surface area (Å²) < 4.78 is 0. The minimum Gasteiger partial charge on any atom is -0.299 e. The topological polar surface area (TPSA) is 54.5 Å². The molecule has 0 N–H and O–H groups in total. The van der Waals surface area contributed by atoms with Crippen LogP contribution in [-0.4, -0.2) is 29.0 Å². The number of imide groups is 1. The van der Waals surface area contributed by atoms with Crippen molar-refractivity contribution in [1.82, 2.24) is 4.90 Å². The highest BCUT2D eigenvalue weighted by Gasteiger charge is 2.16. The Morgan fingerprint density at radius 2 is 1.53 bits per heavy atom. The lowest BCUT2D eigenvalue weighted by atomic mass is 10.0. The molecule has 0 aromatic rings. The van der Waals surface area contributed by atoms with Crippen LogP contribution >= 0.6 is 0 Å². The van der Waals surface area contributed by atoms with E-state index in [1.54, 1.807) is 6.92 Å². The van der Waals surface area contributed by atoms with Crippen LogP contribution in [0, 0.1) is 5.92 Å². The number of carbonyl (C=O) groups excluding carboxylic acids is 3. The van der Waals surface area contributed by atoms with Crippen LogP contribution in [0.3, 0.4) is 0 Å². The lowest BCUT2D eigenvalue weighted by Crippen LogP contribution is -2.35. The van der Waals surface area contributed by atoms with Crippen LogP contribution < -0.4 is 0 Å². The summed E-state index contributed by atoms with van der Waals surface area (Å²) in [6.45, 7) is 11.4. The summed E-state index contributed by atoms with van der Waals surface area (Å²) in [7, 11) is 0. The normalized spacial score (nSPS) is 9.63. The molecule has 0 saturated carbocycles. The van der Waals surface area contributed by atoms with Crippen molar-refractivity contribution in [3.05, 3.63) is 0 Å². The lowest BCUT2D eigenvalue weighted by molar-refractivity contribution is -0.143. The van der Waals surface area contributed by atoms with Gasteiger partial charge in [0.1, 0.15) is 5.78 Å². The molecule has 0 aromatic heterocycles. The summed E-state index contributed by atoms with van der Waals surface area (Å²) in [5, 5.41) is 0. The number of Topliss-reactive ketones (excluding diaryl/α,β-unsaturated/α-hetero) is 1. The summed E-state index contributed by atoms with van der Waals surface area (Å²) in [6.07, 6.45) is 2.55. The zero-order valence-corrected chi connectivity index (χ0v) is 13.3. The molecule has 0 aliphatic carbocycles. The average Bonchev–Trinajstić information content (AvgIpc) is 2.33. The summed E-state index contributed by atoms with van der Waals surface area (Å²) in [6, 6.07) is 0. The van der Waals surface area contributed by atoms with Crippen LogP contribution in [0.4, 0.5) is 0 Å². The van der Waals surface area contributed by atoms with Gasteiger partial charge in [-0.25, -0.2) is 0 Å². The Morgan fingerprint density at radius 3 is 1.84 bits per heavy atom. The van der Waals surface area contributed by atoms with Crippen molar-refractivity contribution in [2.24, 2.45) is 5.92 Å². The van der Waals surface area contributed by atoms with E-state index in [1.807, 2.05) is 13.8 Å². The van der Waals surface area contributed by atoms with E-state index in [2.05, 4.69) is 13.8 Å². The van der Waals surface area contributed by atoms with Crippen LogP contribution in [0.15, 0.2) is 0 Å². The van der Waals surface area contributed by atoms with Gasteiger partial charge < -0.3 is 0 Å². The molecule has 4 nitrogen and oxygen atoms in total. The van der Waals surface area contributed by atoms with E-state index in [0.717, 1.165) is 0 Å². The number of rotatable bonds is 6. The number of nitrogens with zero attached hydrogens (tertiary/aromatic N) is 1. The number of carbonyl (C=O) groups is 3. The van der Waals surface area contributed by atoms with Gasteiger partial charge in [0.15, 0.2) is 0 Å². The molecule has 0 spiro atoms. The molecule has 0 heterocycles. The summed E-state index contributed by atoms with van der Waals surface area (Å²) in [5.74, 6) is -0.228.